The lowest BCUT2D eigenvalue weighted by Crippen LogP contribution is -2.31. The van der Waals surface area contributed by atoms with Crippen LogP contribution >= 0.6 is 0 Å². The fourth-order valence-electron chi connectivity index (χ4n) is 3.81. The average Bonchev–Trinajstić information content (AvgIpc) is 3.13. The molecule has 1 aliphatic carbocycles. The average molecular weight is 402 g/mol. The Kier molecular flexibility index (Phi) is 4.61. The molecule has 0 saturated heterocycles. The standard InChI is InChI=1S/C19H18N2O8/c1-2-26-19(23)17-15(16-11(22)4-3-5-12(16)29-18(17)20)9-6-13-14(28-8-27-13)7-10(9)21(24)25/h6-7,15H,2-5,8,20H2,1H3/t15-/m0/s1. The number of ether oxygens (including phenoxy) is 4. The summed E-state index contributed by atoms with van der Waals surface area (Å²) in [6, 6.07) is 2.63. The second-order valence-electron chi connectivity index (χ2n) is 6.67. The van der Waals surface area contributed by atoms with Crippen molar-refractivity contribution >= 4 is 17.4 Å². The molecule has 1 aromatic rings. The molecule has 0 fully saturated rings. The van der Waals surface area contributed by atoms with E-state index < -0.39 is 16.8 Å². The summed E-state index contributed by atoms with van der Waals surface area (Å²) in [5, 5.41) is 11.8. The number of carbonyl (C=O) groups is 2. The van der Waals surface area contributed by atoms with Gasteiger partial charge in [-0.15, -0.1) is 0 Å². The summed E-state index contributed by atoms with van der Waals surface area (Å²) in [4.78, 5) is 36.7. The van der Waals surface area contributed by atoms with Crippen LogP contribution in [0.15, 0.2) is 34.9 Å². The third kappa shape index (κ3) is 3.06. The number of fused-ring (bicyclic) bond motifs is 1. The number of rotatable bonds is 4. The number of ketones is 1. The van der Waals surface area contributed by atoms with Crippen LogP contribution in [0, 0.1) is 10.1 Å². The minimum Gasteiger partial charge on any atom is -0.462 e. The number of allylic oxidation sites excluding steroid dienone is 2. The first-order valence-electron chi connectivity index (χ1n) is 9.11. The Labute approximate surface area is 165 Å². The normalized spacial score (nSPS) is 20.3. The van der Waals surface area contributed by atoms with E-state index in [-0.39, 0.29) is 65.4 Å². The van der Waals surface area contributed by atoms with Crippen LogP contribution in [0.2, 0.25) is 0 Å². The molecular formula is C19H18N2O8. The van der Waals surface area contributed by atoms with Gasteiger partial charge in [-0.1, -0.05) is 0 Å². The van der Waals surface area contributed by atoms with Gasteiger partial charge in [0.1, 0.15) is 11.3 Å². The highest BCUT2D eigenvalue weighted by atomic mass is 16.7. The highest BCUT2D eigenvalue weighted by molar-refractivity contribution is 6.03. The van der Waals surface area contributed by atoms with Gasteiger partial charge in [-0.2, -0.15) is 0 Å². The van der Waals surface area contributed by atoms with E-state index in [0.29, 0.717) is 18.6 Å². The van der Waals surface area contributed by atoms with Gasteiger partial charge in [-0.25, -0.2) is 4.79 Å². The van der Waals surface area contributed by atoms with Crippen molar-refractivity contribution in [3.8, 4) is 11.5 Å². The van der Waals surface area contributed by atoms with Crippen molar-refractivity contribution in [3.05, 3.63) is 50.6 Å². The first-order chi connectivity index (χ1) is 13.9. The minimum atomic E-state index is -1.10. The highest BCUT2D eigenvalue weighted by Crippen LogP contribution is 2.49. The second-order valence-corrected chi connectivity index (χ2v) is 6.67. The van der Waals surface area contributed by atoms with Crippen molar-refractivity contribution < 1.29 is 33.5 Å². The molecule has 1 atom stereocenters. The summed E-state index contributed by atoms with van der Waals surface area (Å²) in [7, 11) is 0. The van der Waals surface area contributed by atoms with Gasteiger partial charge in [0.2, 0.25) is 12.7 Å². The molecule has 0 bridgehead atoms. The van der Waals surface area contributed by atoms with Gasteiger partial charge >= 0.3 is 5.97 Å². The number of nitrogens with two attached hydrogens (primary N) is 1. The van der Waals surface area contributed by atoms with Crippen molar-refractivity contribution in [3.63, 3.8) is 0 Å². The number of nitro benzene ring substituents is 1. The van der Waals surface area contributed by atoms with E-state index in [1.165, 1.54) is 12.1 Å². The minimum absolute atomic E-state index is 0.0609. The Bertz CT molecular complexity index is 994. The lowest BCUT2D eigenvalue weighted by Gasteiger charge is -2.32. The molecule has 29 heavy (non-hydrogen) atoms. The molecule has 10 heteroatoms. The number of esters is 1. The predicted molar refractivity (Wildman–Crippen MR) is 96.8 cm³/mol. The molecule has 152 valence electrons. The molecule has 1 aromatic carbocycles. The SMILES string of the molecule is CCOC(=O)C1=C(N)OC2=C(C(=O)CCC2)[C@@H]1c1cc2c(cc1[N+](=O)[O-])OCO2. The molecule has 0 aromatic heterocycles. The second kappa shape index (κ2) is 7.12. The first-order valence-corrected chi connectivity index (χ1v) is 9.11. The molecule has 0 amide bonds. The number of nitrogens with zero attached hydrogens (tertiary/aromatic N) is 1. The van der Waals surface area contributed by atoms with Gasteiger partial charge in [0.25, 0.3) is 5.69 Å². The fraction of sp³-hybridized carbons (Fsp3) is 0.368. The molecule has 10 nitrogen and oxygen atoms in total. The Morgan fingerprint density at radius 1 is 1.31 bits per heavy atom. The summed E-state index contributed by atoms with van der Waals surface area (Å²) < 4.78 is 21.3. The molecule has 2 N–H and O–H groups in total. The van der Waals surface area contributed by atoms with Gasteiger partial charge in [0.05, 0.1) is 23.5 Å². The third-order valence-electron chi connectivity index (χ3n) is 5.01. The number of Topliss-reactive ketones (excluding diaryl/α,β-unsaturated/α-hetero) is 1. The third-order valence-corrected chi connectivity index (χ3v) is 5.01. The zero-order chi connectivity index (χ0) is 20.7. The summed E-state index contributed by atoms with van der Waals surface area (Å²) in [6.07, 6.45) is 1.25. The van der Waals surface area contributed by atoms with E-state index in [1.54, 1.807) is 6.92 Å². The lowest BCUT2D eigenvalue weighted by atomic mass is 9.76. The number of benzene rings is 1. The maximum Gasteiger partial charge on any atom is 0.340 e. The van der Waals surface area contributed by atoms with E-state index in [4.69, 9.17) is 24.7 Å². The molecule has 0 radical (unpaired) electrons. The van der Waals surface area contributed by atoms with Crippen LogP contribution in [0.4, 0.5) is 5.69 Å². The van der Waals surface area contributed by atoms with Gasteiger partial charge in [0, 0.05) is 24.0 Å². The first kappa shape index (κ1) is 18.8. The van der Waals surface area contributed by atoms with E-state index in [1.807, 2.05) is 0 Å². The maximum atomic E-state index is 12.8. The smallest absolute Gasteiger partial charge is 0.340 e. The van der Waals surface area contributed by atoms with Crippen LogP contribution in [0.1, 0.15) is 37.7 Å². The van der Waals surface area contributed by atoms with Gasteiger partial charge in [-0.3, -0.25) is 14.9 Å². The Hall–Kier alpha value is -3.56. The fourth-order valence-corrected chi connectivity index (χ4v) is 3.81. The van der Waals surface area contributed by atoms with E-state index >= 15 is 0 Å². The highest BCUT2D eigenvalue weighted by Gasteiger charge is 2.44. The molecule has 0 spiro atoms. The molecule has 0 saturated carbocycles. The van der Waals surface area contributed by atoms with Crippen LogP contribution in [-0.4, -0.2) is 30.1 Å². The van der Waals surface area contributed by atoms with Crippen LogP contribution in [0.5, 0.6) is 11.5 Å². The number of carbonyl (C=O) groups excluding carboxylic acids is 2. The van der Waals surface area contributed by atoms with E-state index in [0.717, 1.165) is 0 Å². The summed E-state index contributed by atoms with van der Waals surface area (Å²) >= 11 is 0. The van der Waals surface area contributed by atoms with Crippen molar-refractivity contribution in [2.75, 3.05) is 13.4 Å². The monoisotopic (exact) mass is 402 g/mol. The van der Waals surface area contributed by atoms with Crippen molar-refractivity contribution in [2.24, 2.45) is 5.73 Å². The Morgan fingerprint density at radius 3 is 2.72 bits per heavy atom. The van der Waals surface area contributed by atoms with E-state index in [2.05, 4.69) is 0 Å². The molecule has 2 heterocycles. The van der Waals surface area contributed by atoms with Crippen molar-refractivity contribution in [2.45, 2.75) is 32.1 Å². The maximum absolute atomic E-state index is 12.8. The molecule has 4 rings (SSSR count). The number of hydrogen-bond donors (Lipinski definition) is 1. The summed E-state index contributed by atoms with van der Waals surface area (Å²) in [5.74, 6) is -1.56. The largest absolute Gasteiger partial charge is 0.462 e. The molecule has 2 aliphatic heterocycles. The van der Waals surface area contributed by atoms with Gasteiger partial charge in [-0.05, 0) is 19.4 Å². The van der Waals surface area contributed by atoms with Crippen LogP contribution in [0.3, 0.4) is 0 Å². The van der Waals surface area contributed by atoms with Gasteiger partial charge in [0.15, 0.2) is 17.3 Å². The van der Waals surface area contributed by atoms with Crippen LogP contribution in [-0.2, 0) is 19.1 Å². The molecule has 0 unspecified atom stereocenters. The number of hydrogen-bond acceptors (Lipinski definition) is 9. The molecule has 3 aliphatic rings. The zero-order valence-corrected chi connectivity index (χ0v) is 15.6. The Morgan fingerprint density at radius 2 is 2.03 bits per heavy atom. The van der Waals surface area contributed by atoms with Crippen molar-refractivity contribution in [1.82, 2.24) is 0 Å². The lowest BCUT2D eigenvalue weighted by molar-refractivity contribution is -0.385. The van der Waals surface area contributed by atoms with Crippen LogP contribution < -0.4 is 15.2 Å². The van der Waals surface area contributed by atoms with Crippen LogP contribution in [0.25, 0.3) is 0 Å². The predicted octanol–water partition coefficient (Wildman–Crippen LogP) is 2.18. The summed E-state index contributed by atoms with van der Waals surface area (Å²) in [5.41, 5.74) is 5.84. The topological polar surface area (TPSA) is 140 Å². The molecular weight excluding hydrogens is 384 g/mol. The quantitative estimate of drug-likeness (QED) is 0.456. The summed E-state index contributed by atoms with van der Waals surface area (Å²) in [6.45, 7) is 1.59. The van der Waals surface area contributed by atoms with E-state index in [9.17, 15) is 19.7 Å². The van der Waals surface area contributed by atoms with Gasteiger partial charge < -0.3 is 24.7 Å². The van der Waals surface area contributed by atoms with Crippen molar-refractivity contribution in [1.29, 1.82) is 0 Å². The Balaban J connectivity index is 1.97. The number of nitro groups is 1. The zero-order valence-electron chi connectivity index (χ0n) is 15.6.